The summed E-state index contributed by atoms with van der Waals surface area (Å²) < 4.78 is 225. The predicted molar refractivity (Wildman–Crippen MR) is 334 cm³/mol. The van der Waals surface area contributed by atoms with E-state index < -0.39 is 89.3 Å². The number of phenols is 2. The van der Waals surface area contributed by atoms with Gasteiger partial charge in [-0.15, -0.1) is 0 Å². The van der Waals surface area contributed by atoms with Crippen LogP contribution in [-0.4, -0.2) is 126 Å². The van der Waals surface area contributed by atoms with Gasteiger partial charge in [-0.1, -0.05) is 39.3 Å². The molecule has 0 aliphatic heterocycles. The second kappa shape index (κ2) is 43.0. The Labute approximate surface area is 566 Å². The fraction of sp³-hybridized carbons (Fsp3) is 0.434. The van der Waals surface area contributed by atoms with Crippen LogP contribution in [-0.2, 0) is 36.5 Å². The molecule has 0 aliphatic carbocycles. The van der Waals surface area contributed by atoms with Crippen LogP contribution in [0.5, 0.6) is 46.0 Å². The number of benzene rings is 4. The van der Waals surface area contributed by atoms with Crippen LogP contribution in [0.2, 0.25) is 51.4 Å². The van der Waals surface area contributed by atoms with Crippen molar-refractivity contribution in [2.45, 2.75) is 123 Å². The van der Waals surface area contributed by atoms with Crippen LogP contribution in [0.3, 0.4) is 0 Å². The molecule has 0 radical (unpaired) electrons. The zero-order valence-electron chi connectivity index (χ0n) is 51.4. The van der Waals surface area contributed by atoms with E-state index in [9.17, 15) is 86.3 Å². The van der Waals surface area contributed by atoms with Crippen LogP contribution in [0, 0.1) is 20.2 Å². The van der Waals surface area contributed by atoms with Crippen LogP contribution >= 0.6 is 55.4 Å². The molecule has 0 bridgehead atoms. The molecular formula is C53H64Br3F14N6O17PSi2. The van der Waals surface area contributed by atoms with E-state index in [-0.39, 0.29) is 88.3 Å². The summed E-state index contributed by atoms with van der Waals surface area (Å²) in [6.07, 6.45) is 3.51. The lowest BCUT2D eigenvalue weighted by Gasteiger charge is -2.20. The number of aromatic nitrogens is 4. The number of aromatic hydroxyl groups is 2. The average Bonchev–Trinajstić information content (AvgIpc) is 1.57. The molecule has 0 unspecified atom stereocenters. The van der Waals surface area contributed by atoms with Crippen molar-refractivity contribution in [2.24, 2.45) is 0 Å². The van der Waals surface area contributed by atoms with Gasteiger partial charge in [-0.05, 0) is 137 Å². The van der Waals surface area contributed by atoms with Crippen molar-refractivity contribution >= 4 is 82.9 Å². The molecule has 0 saturated carbocycles. The van der Waals surface area contributed by atoms with Crippen molar-refractivity contribution in [1.29, 1.82) is 0 Å². The van der Waals surface area contributed by atoms with Crippen molar-refractivity contribution < 1.29 is 133 Å². The zero-order chi connectivity index (χ0) is 73.3. The molecule has 0 amide bonds. The fourth-order valence-corrected chi connectivity index (χ4v) is 10.2. The van der Waals surface area contributed by atoms with Gasteiger partial charge >= 0.3 is 63.2 Å². The van der Waals surface area contributed by atoms with E-state index >= 15 is 0 Å². The Balaban J connectivity index is 0.000000604. The zero-order valence-corrected chi connectivity index (χ0v) is 59.1. The Morgan fingerprint density at radius 3 is 1.40 bits per heavy atom. The van der Waals surface area contributed by atoms with Crippen molar-refractivity contribution in [3.63, 3.8) is 0 Å². The van der Waals surface area contributed by atoms with E-state index in [1.165, 1.54) is 73.4 Å². The number of alkyl halides is 15. The molecule has 0 spiro atoms. The summed E-state index contributed by atoms with van der Waals surface area (Å²) in [5.74, 6) is -1.08. The summed E-state index contributed by atoms with van der Waals surface area (Å²) in [6, 6.07) is 17.0. The summed E-state index contributed by atoms with van der Waals surface area (Å²) in [6.45, 7) is -0.886. The van der Waals surface area contributed by atoms with E-state index in [1.807, 2.05) is 15.9 Å². The number of nitrogens with zero attached hydrogens (tertiary/aromatic N) is 6. The molecule has 23 nitrogen and oxygen atoms in total. The van der Waals surface area contributed by atoms with E-state index in [2.05, 4.69) is 119 Å². The molecule has 2 heterocycles. The molecule has 2 aromatic heterocycles. The summed E-state index contributed by atoms with van der Waals surface area (Å²) in [7, 11) is -6.78. The number of phenolic OH excluding ortho intramolecular Hbond substituents is 2. The maximum absolute atomic E-state index is 12.8. The van der Waals surface area contributed by atoms with Gasteiger partial charge in [0.25, 0.3) is 0 Å². The molecule has 6 aromatic rings. The van der Waals surface area contributed by atoms with Crippen LogP contribution in [0.25, 0.3) is 11.3 Å². The van der Waals surface area contributed by atoms with E-state index in [4.69, 9.17) is 19.7 Å². The smallest absolute Gasteiger partial charge is 0.410 e. The van der Waals surface area contributed by atoms with Crippen molar-refractivity contribution in [3.8, 4) is 57.3 Å². The molecule has 0 fully saturated rings. The quantitative estimate of drug-likeness (QED) is 0.00806. The second-order valence-electron chi connectivity index (χ2n) is 20.3. The van der Waals surface area contributed by atoms with Crippen LogP contribution in [0.4, 0.5) is 72.8 Å². The molecule has 43 heteroatoms. The maximum Gasteiger partial charge on any atom is 0.410 e. The molecule has 0 atom stereocenters. The lowest BCUT2D eigenvalue weighted by molar-refractivity contribution is -0.385. The van der Waals surface area contributed by atoms with Crippen LogP contribution in [0.1, 0.15) is 13.8 Å². The van der Waals surface area contributed by atoms with Gasteiger partial charge in [0, 0.05) is 45.3 Å². The van der Waals surface area contributed by atoms with Crippen molar-refractivity contribution in [3.05, 3.63) is 127 Å². The summed E-state index contributed by atoms with van der Waals surface area (Å²) in [5, 5.41) is 47.3. The topological polar surface area (TPSA) is 272 Å². The molecule has 0 aliphatic rings. The lowest BCUT2D eigenvalue weighted by atomic mass is 10.1. The molecule has 0 saturated heterocycles. The third-order valence-electron chi connectivity index (χ3n) is 10.4. The molecule has 2 N–H and O–H groups in total. The Kier molecular flexibility index (Phi) is 39.2. The largest absolute Gasteiger partial charge is 0.508 e. The van der Waals surface area contributed by atoms with E-state index in [0.29, 0.717) is 17.7 Å². The molecule has 96 heavy (non-hydrogen) atoms. The normalized spacial score (nSPS) is 11.5. The van der Waals surface area contributed by atoms with Gasteiger partial charge in [-0.25, -0.2) is 9.36 Å². The minimum atomic E-state index is -4.32. The third-order valence-corrected chi connectivity index (χ3v) is 18.2. The first-order valence-electron chi connectivity index (χ1n) is 26.9. The number of ether oxygens (including phenoxy) is 8. The van der Waals surface area contributed by atoms with Gasteiger partial charge in [0.05, 0.1) is 37.6 Å². The minimum Gasteiger partial charge on any atom is -0.508 e. The van der Waals surface area contributed by atoms with Gasteiger partial charge < -0.3 is 57.2 Å². The van der Waals surface area contributed by atoms with Gasteiger partial charge in [0.15, 0.2) is 5.69 Å². The van der Waals surface area contributed by atoms with Crippen LogP contribution in [0.15, 0.2) is 106 Å². The highest BCUT2D eigenvalue weighted by Gasteiger charge is 2.51. The number of halogens is 17. The van der Waals surface area contributed by atoms with Gasteiger partial charge in [-0.2, -0.15) is 71.7 Å². The SMILES string of the molecule is CCOP(=O)(OCC)C(F)(F)Br.C[Si](C)(C)CCOCn1cc([N+](=O)[O-])cn1.C[Si](C)(C)CCOCn1ncc([N+](=O)[O-])c1-c1cc(OC(F)F)ccc1OC(F)F.FC(F)Oc1ccc(OC(F)F)c(Br)c1.Oc1ccc(OC(F)F)cc1.Oc1ccc(OC(F)F)cc1Br. The van der Waals surface area contributed by atoms with Gasteiger partial charge in [-0.3, -0.25) is 24.8 Å². The summed E-state index contributed by atoms with van der Waals surface area (Å²) >= 11 is 7.80. The molecular weight excluding hydrogens is 1590 g/mol. The minimum absolute atomic E-state index is 0.00574. The first-order chi connectivity index (χ1) is 44.5. The lowest BCUT2D eigenvalue weighted by Crippen LogP contribution is -2.22. The fourth-order valence-electron chi connectivity index (χ4n) is 6.20. The van der Waals surface area contributed by atoms with Crippen molar-refractivity contribution in [1.82, 2.24) is 19.6 Å². The molecule has 540 valence electrons. The predicted octanol–water partition coefficient (Wildman–Crippen LogP) is 18.7. The Bertz CT molecular complexity index is 3300. The molecule has 4 aromatic carbocycles. The first kappa shape index (κ1) is 87.5. The average molecular weight is 1650 g/mol. The highest BCUT2D eigenvalue weighted by molar-refractivity contribution is 9.11. The Hall–Kier alpha value is -6.54. The first-order valence-corrected chi connectivity index (χ1v) is 38.2. The Morgan fingerprint density at radius 2 is 0.990 bits per heavy atom. The number of rotatable bonds is 30. The van der Waals surface area contributed by atoms with Crippen LogP contribution < -0.4 is 28.4 Å². The van der Waals surface area contributed by atoms with Gasteiger partial charge in [0.1, 0.15) is 78.0 Å². The monoisotopic (exact) mass is 1650 g/mol. The van der Waals surface area contributed by atoms with E-state index in [1.54, 1.807) is 0 Å². The number of nitro groups is 2. The molecule has 6 rings (SSSR count). The number of hydrogen-bond acceptors (Lipinski definition) is 19. The third kappa shape index (κ3) is 36.7. The number of hydrogen-bond donors (Lipinski definition) is 2. The Morgan fingerprint density at radius 1 is 0.573 bits per heavy atom. The standard InChI is InChI=1S/C17H21F4N3O5Si.C9H17N3O3Si.C8H5BrF4O2.C7H5BrF2O2.C7H6F2O2.C5H10BrF2O3P/c1-30(2,3)7-6-27-10-23-15(13(9-22-23)24(25)26)12-8-11(28-16(18)19)4-5-14(12)29-17(20)21;1-16(2,3)5-4-15-8-11-7-9(6-10-11)12(13)14;9-5-3-4(14-7(10)11)1-2-6(5)15-8(12)13;8-5-3-4(12-7(9)10)1-2-6(5)11;8-7(9)11-6-3-1-5(10)2-4-6;1-3-10-12(9,11-4-2)5(6,7)8/h4-5,8-9,16-17H,6-7,10H2,1-3H3;6-7H,4-5,8H2,1-3H3;1-3,7-8H;1-3,7,11H;1-4,7,10H;3-4H2,1-2H3. The second-order valence-corrected chi connectivity index (χ2v) is 36.9. The highest BCUT2D eigenvalue weighted by atomic mass is 79.9. The summed E-state index contributed by atoms with van der Waals surface area (Å²) in [4.78, 5) is 20.6. The van der Waals surface area contributed by atoms with E-state index in [0.717, 1.165) is 59.4 Å². The van der Waals surface area contributed by atoms with Gasteiger partial charge in [0.2, 0.25) is 0 Å². The maximum atomic E-state index is 12.8. The summed E-state index contributed by atoms with van der Waals surface area (Å²) in [5.41, 5.74) is -1.03. The highest BCUT2D eigenvalue weighted by Crippen LogP contribution is 2.64. The van der Waals surface area contributed by atoms with Crippen molar-refractivity contribution in [2.75, 3.05) is 26.4 Å².